The molecule has 1 N–H and O–H groups in total. The first kappa shape index (κ1) is 21.4. The van der Waals surface area contributed by atoms with Crippen molar-refractivity contribution in [3.8, 4) is 0 Å². The average molecular weight is 430 g/mol. The molecule has 0 saturated carbocycles. The Bertz CT molecular complexity index is 1160. The molecule has 0 heterocycles. The molecular weight excluding hydrogens is 417 g/mol. The summed E-state index contributed by atoms with van der Waals surface area (Å²) < 4.78 is 39.4. The van der Waals surface area contributed by atoms with Crippen LogP contribution in [0.5, 0.6) is 0 Å². The second-order valence-electron chi connectivity index (χ2n) is 6.23. The Morgan fingerprint density at radius 3 is 2.13 bits per heavy atom. The third kappa shape index (κ3) is 5.01. The maximum absolute atomic E-state index is 13.1. The molecule has 0 radical (unpaired) electrons. The van der Waals surface area contributed by atoms with Crippen LogP contribution in [-0.4, -0.2) is 15.6 Å². The highest BCUT2D eigenvalue weighted by Gasteiger charge is 2.30. The van der Waals surface area contributed by atoms with Crippen molar-refractivity contribution in [2.45, 2.75) is 6.18 Å². The summed E-state index contributed by atoms with van der Waals surface area (Å²) in [4.78, 5) is 20.6. The van der Waals surface area contributed by atoms with Crippen molar-refractivity contribution < 1.29 is 23.0 Å². The number of nitrogens with zero attached hydrogens (tertiary/aromatic N) is 3. The fourth-order valence-corrected chi connectivity index (χ4v) is 2.73. The second kappa shape index (κ2) is 8.61. The molecule has 0 fully saturated rings. The molecule has 0 aliphatic heterocycles. The van der Waals surface area contributed by atoms with E-state index in [1.807, 2.05) is 0 Å². The van der Waals surface area contributed by atoms with Crippen molar-refractivity contribution in [3.05, 3.63) is 110 Å². The molecule has 0 bridgehead atoms. The van der Waals surface area contributed by atoms with E-state index >= 15 is 0 Å². The van der Waals surface area contributed by atoms with Gasteiger partial charge in [-0.15, -0.1) is 0 Å². The molecule has 158 valence electrons. The molecular formula is C20H13F3N4O4. The van der Waals surface area contributed by atoms with E-state index in [2.05, 4.69) is 10.5 Å². The fourth-order valence-electron chi connectivity index (χ4n) is 2.73. The van der Waals surface area contributed by atoms with Gasteiger partial charge < -0.3 is 0 Å². The lowest BCUT2D eigenvalue weighted by atomic mass is 10.0. The van der Waals surface area contributed by atoms with E-state index in [0.717, 1.165) is 30.3 Å². The van der Waals surface area contributed by atoms with Crippen molar-refractivity contribution in [2.24, 2.45) is 5.10 Å². The van der Waals surface area contributed by atoms with Crippen LogP contribution in [0.2, 0.25) is 0 Å². The van der Waals surface area contributed by atoms with Crippen LogP contribution in [-0.2, 0) is 6.18 Å². The highest BCUT2D eigenvalue weighted by molar-refractivity contribution is 6.13. The first-order chi connectivity index (χ1) is 14.7. The molecule has 8 nitrogen and oxygen atoms in total. The van der Waals surface area contributed by atoms with E-state index < -0.39 is 33.0 Å². The summed E-state index contributed by atoms with van der Waals surface area (Å²) in [5.74, 6) is 0. The summed E-state index contributed by atoms with van der Waals surface area (Å²) in [5.41, 5.74) is 1.01. The van der Waals surface area contributed by atoms with Gasteiger partial charge in [0.1, 0.15) is 5.69 Å². The highest BCUT2D eigenvalue weighted by Crippen LogP contribution is 2.31. The first-order valence-electron chi connectivity index (χ1n) is 8.66. The minimum atomic E-state index is -4.57. The van der Waals surface area contributed by atoms with Crippen LogP contribution in [0.15, 0.2) is 77.9 Å². The summed E-state index contributed by atoms with van der Waals surface area (Å²) in [6, 6.07) is 15.7. The van der Waals surface area contributed by atoms with Gasteiger partial charge in [0, 0.05) is 17.2 Å². The van der Waals surface area contributed by atoms with Crippen LogP contribution in [0.25, 0.3) is 0 Å². The van der Waals surface area contributed by atoms with Crippen LogP contribution >= 0.6 is 0 Å². The molecule has 0 saturated heterocycles. The third-order valence-electron chi connectivity index (χ3n) is 4.19. The summed E-state index contributed by atoms with van der Waals surface area (Å²) in [7, 11) is 0. The van der Waals surface area contributed by atoms with Gasteiger partial charge in [-0.05, 0) is 18.2 Å². The van der Waals surface area contributed by atoms with Gasteiger partial charge >= 0.3 is 11.9 Å². The minimum absolute atomic E-state index is 0.0966. The van der Waals surface area contributed by atoms with Gasteiger partial charge in [-0.2, -0.15) is 18.3 Å². The standard InChI is InChI=1S/C20H13F3N4O4/c21-20(22,23)15-8-4-7-14(11-15)19(13-5-2-1-3-6-13)25-24-17-10-9-16(26(28)29)12-18(17)27(30)31/h1-12,24H. The predicted molar refractivity (Wildman–Crippen MR) is 107 cm³/mol. The van der Waals surface area contributed by atoms with Crippen molar-refractivity contribution in [1.29, 1.82) is 0 Å². The molecule has 3 aromatic rings. The Labute approximate surface area is 172 Å². The van der Waals surface area contributed by atoms with Gasteiger partial charge in [0.25, 0.3) is 5.69 Å². The topological polar surface area (TPSA) is 111 Å². The molecule has 3 aromatic carbocycles. The largest absolute Gasteiger partial charge is 0.416 e. The number of hydrazone groups is 1. The Balaban J connectivity index is 2.09. The zero-order valence-corrected chi connectivity index (χ0v) is 15.5. The Morgan fingerprint density at radius 2 is 1.52 bits per heavy atom. The number of anilines is 1. The van der Waals surface area contributed by atoms with Gasteiger partial charge in [-0.25, -0.2) is 0 Å². The van der Waals surface area contributed by atoms with Crippen molar-refractivity contribution in [1.82, 2.24) is 0 Å². The number of benzene rings is 3. The van der Waals surface area contributed by atoms with E-state index in [1.54, 1.807) is 30.3 Å². The number of halogens is 3. The van der Waals surface area contributed by atoms with Gasteiger partial charge in [0.15, 0.2) is 0 Å². The lowest BCUT2D eigenvalue weighted by Crippen LogP contribution is -2.10. The number of alkyl halides is 3. The molecule has 0 aromatic heterocycles. The number of nitro groups is 2. The van der Waals surface area contributed by atoms with E-state index in [1.165, 1.54) is 12.1 Å². The monoisotopic (exact) mass is 430 g/mol. The van der Waals surface area contributed by atoms with E-state index in [9.17, 15) is 33.4 Å². The summed E-state index contributed by atoms with van der Waals surface area (Å²) in [5, 5.41) is 26.3. The number of rotatable bonds is 6. The van der Waals surface area contributed by atoms with E-state index in [4.69, 9.17) is 0 Å². The summed E-state index contributed by atoms with van der Waals surface area (Å²) >= 11 is 0. The van der Waals surface area contributed by atoms with Gasteiger partial charge in [-0.3, -0.25) is 25.7 Å². The normalized spacial score (nSPS) is 11.8. The lowest BCUT2D eigenvalue weighted by molar-refractivity contribution is -0.393. The number of nitro benzene ring substituents is 2. The maximum atomic E-state index is 13.1. The molecule has 0 spiro atoms. The Kier molecular flexibility index (Phi) is 5.95. The van der Waals surface area contributed by atoms with Crippen LogP contribution in [0, 0.1) is 20.2 Å². The molecule has 0 aliphatic carbocycles. The lowest BCUT2D eigenvalue weighted by Gasteiger charge is -2.12. The number of hydrogen-bond donors (Lipinski definition) is 1. The zero-order valence-electron chi connectivity index (χ0n) is 15.5. The quantitative estimate of drug-likeness (QED) is 0.320. The minimum Gasteiger partial charge on any atom is -0.271 e. The molecule has 0 unspecified atom stereocenters. The Hall–Kier alpha value is -4.28. The van der Waals surface area contributed by atoms with Gasteiger partial charge in [0.05, 0.1) is 27.2 Å². The van der Waals surface area contributed by atoms with Crippen LogP contribution < -0.4 is 5.43 Å². The van der Waals surface area contributed by atoms with Crippen molar-refractivity contribution in [2.75, 3.05) is 5.43 Å². The smallest absolute Gasteiger partial charge is 0.271 e. The number of nitrogens with one attached hydrogen (secondary N) is 1. The maximum Gasteiger partial charge on any atom is 0.416 e. The van der Waals surface area contributed by atoms with Gasteiger partial charge in [-0.1, -0.05) is 42.5 Å². The fraction of sp³-hybridized carbons (Fsp3) is 0.0500. The molecule has 3 rings (SSSR count). The predicted octanol–water partition coefficient (Wildman–Crippen LogP) is 5.39. The van der Waals surface area contributed by atoms with Crippen LogP contribution in [0.3, 0.4) is 0 Å². The van der Waals surface area contributed by atoms with Crippen molar-refractivity contribution in [3.63, 3.8) is 0 Å². The molecule has 0 amide bonds. The second-order valence-corrected chi connectivity index (χ2v) is 6.23. The molecule has 11 heteroatoms. The molecule has 0 aliphatic rings. The van der Waals surface area contributed by atoms with E-state index in [0.29, 0.717) is 5.56 Å². The summed E-state index contributed by atoms with van der Waals surface area (Å²) in [6.45, 7) is 0. The van der Waals surface area contributed by atoms with Gasteiger partial charge in [0.2, 0.25) is 0 Å². The first-order valence-corrected chi connectivity index (χ1v) is 8.66. The third-order valence-corrected chi connectivity index (χ3v) is 4.19. The van der Waals surface area contributed by atoms with Crippen LogP contribution in [0.4, 0.5) is 30.2 Å². The SMILES string of the molecule is O=[N+]([O-])c1ccc(NN=C(c2ccccc2)c2cccc(C(F)(F)F)c2)c([N+](=O)[O-])c1. The van der Waals surface area contributed by atoms with Crippen LogP contribution in [0.1, 0.15) is 16.7 Å². The molecule has 31 heavy (non-hydrogen) atoms. The number of non-ortho nitro benzene ring substituents is 1. The van der Waals surface area contributed by atoms with E-state index in [-0.39, 0.29) is 17.0 Å². The average Bonchev–Trinajstić information content (AvgIpc) is 2.74. The highest BCUT2D eigenvalue weighted by atomic mass is 19.4. The van der Waals surface area contributed by atoms with Crippen molar-refractivity contribution >= 4 is 22.8 Å². The zero-order chi connectivity index (χ0) is 22.6. The molecule has 0 atom stereocenters. The number of hydrogen-bond acceptors (Lipinski definition) is 6. The summed E-state index contributed by atoms with van der Waals surface area (Å²) in [6.07, 6.45) is -4.57. The Morgan fingerprint density at radius 1 is 0.839 bits per heavy atom.